The molecule has 2 aromatic rings. The molecule has 103 valence electrons. The molecule has 20 heavy (non-hydrogen) atoms. The number of rotatable bonds is 5. The lowest BCUT2D eigenvalue weighted by Gasteiger charge is -2.03. The number of halogens is 3. The zero-order valence-electron chi connectivity index (χ0n) is 10.4. The quantitative estimate of drug-likeness (QED) is 0.578. The average molecular weight is 295 g/mol. The van der Waals surface area contributed by atoms with Crippen LogP contribution in [0.15, 0.2) is 53.7 Å². The Morgan fingerprint density at radius 1 is 1.15 bits per heavy atom. The van der Waals surface area contributed by atoms with Crippen molar-refractivity contribution in [3.63, 3.8) is 0 Å². The fraction of sp³-hybridized carbons (Fsp3) is 0.133. The van der Waals surface area contributed by atoms with Crippen molar-refractivity contribution < 1.29 is 13.6 Å². The van der Waals surface area contributed by atoms with Crippen LogP contribution in [-0.4, -0.2) is 6.21 Å². The summed E-state index contributed by atoms with van der Waals surface area (Å²) in [6.07, 6.45) is 0.174. The number of nitrogens with zero attached hydrogens (tertiary/aromatic N) is 1. The van der Waals surface area contributed by atoms with E-state index in [1.54, 1.807) is 36.4 Å². The van der Waals surface area contributed by atoms with Crippen molar-refractivity contribution in [3.05, 3.63) is 70.2 Å². The maximum atomic E-state index is 12.5. The van der Waals surface area contributed by atoms with Gasteiger partial charge in [-0.25, -0.2) is 8.78 Å². The first-order chi connectivity index (χ1) is 9.65. The second kappa shape index (κ2) is 7.01. The first-order valence-electron chi connectivity index (χ1n) is 5.86. The molecule has 0 aromatic heterocycles. The number of alkyl halides is 2. The molecule has 2 nitrogen and oxygen atoms in total. The van der Waals surface area contributed by atoms with Gasteiger partial charge in [-0.15, -0.1) is 0 Å². The molecular formula is C15H11ClF2NO. The van der Waals surface area contributed by atoms with Crippen LogP contribution in [0, 0.1) is 0 Å². The van der Waals surface area contributed by atoms with Crippen molar-refractivity contribution >= 4 is 17.8 Å². The van der Waals surface area contributed by atoms with Crippen LogP contribution in [0.2, 0.25) is 5.02 Å². The topological polar surface area (TPSA) is 21.6 Å². The zero-order valence-corrected chi connectivity index (χ0v) is 11.1. The minimum absolute atomic E-state index is 0.0334. The molecule has 0 unspecified atom stereocenters. The fourth-order valence-corrected chi connectivity index (χ4v) is 1.76. The van der Waals surface area contributed by atoms with Gasteiger partial charge in [0.1, 0.15) is 12.8 Å². The Bertz CT molecular complexity index is 602. The molecule has 1 radical (unpaired) electrons. The summed E-state index contributed by atoms with van der Waals surface area (Å²) < 4.78 is 25.0. The van der Waals surface area contributed by atoms with Crippen molar-refractivity contribution in [2.24, 2.45) is 5.16 Å². The van der Waals surface area contributed by atoms with Gasteiger partial charge in [0, 0.05) is 16.1 Å². The highest BCUT2D eigenvalue weighted by Crippen LogP contribution is 2.19. The Kier molecular flexibility index (Phi) is 5.07. The Morgan fingerprint density at radius 3 is 2.70 bits per heavy atom. The molecule has 5 heteroatoms. The van der Waals surface area contributed by atoms with E-state index >= 15 is 0 Å². The van der Waals surface area contributed by atoms with Gasteiger partial charge in [-0.1, -0.05) is 47.1 Å². The fourth-order valence-electron chi connectivity index (χ4n) is 1.57. The van der Waals surface area contributed by atoms with Crippen molar-refractivity contribution in [3.8, 4) is 0 Å². The van der Waals surface area contributed by atoms with Crippen LogP contribution in [-0.2, 0) is 11.4 Å². The standard InChI is InChI=1S/C15H11ClF2NO/c16-14-6-2-3-11(8-14)9-19-20-10-12-4-1-5-13(7-12)15(17)18/h1-8,15H,10H2. The summed E-state index contributed by atoms with van der Waals surface area (Å²) in [5.74, 6) is 0. The Morgan fingerprint density at radius 2 is 1.95 bits per heavy atom. The van der Waals surface area contributed by atoms with E-state index in [0.29, 0.717) is 16.1 Å². The summed E-state index contributed by atoms with van der Waals surface area (Å²) in [6, 6.07) is 13.0. The molecule has 0 aliphatic heterocycles. The van der Waals surface area contributed by atoms with Gasteiger partial charge in [-0.3, -0.25) is 0 Å². The molecule has 0 amide bonds. The summed E-state index contributed by atoms with van der Waals surface area (Å²) in [5.41, 5.74) is 1.27. The van der Waals surface area contributed by atoms with Gasteiger partial charge in [-0.2, -0.15) is 0 Å². The monoisotopic (exact) mass is 294 g/mol. The summed E-state index contributed by atoms with van der Waals surface area (Å²) in [6.45, 7) is 0.105. The number of benzene rings is 2. The van der Waals surface area contributed by atoms with E-state index in [0.717, 1.165) is 0 Å². The smallest absolute Gasteiger partial charge is 0.263 e. The van der Waals surface area contributed by atoms with Gasteiger partial charge < -0.3 is 4.84 Å². The SMILES string of the molecule is FC(F)c1cccc(CO/N=[C]\c2cccc(Cl)c2)c1. The molecule has 0 heterocycles. The van der Waals surface area contributed by atoms with Crippen molar-refractivity contribution in [1.29, 1.82) is 0 Å². The molecule has 0 N–H and O–H groups in total. The molecule has 0 bridgehead atoms. The zero-order chi connectivity index (χ0) is 14.4. The maximum absolute atomic E-state index is 12.5. The van der Waals surface area contributed by atoms with Crippen LogP contribution in [0.25, 0.3) is 0 Å². The molecule has 0 aliphatic carbocycles. The largest absolute Gasteiger partial charge is 0.390 e. The Labute approximate surface area is 120 Å². The van der Waals surface area contributed by atoms with Gasteiger partial charge in [0.15, 0.2) is 0 Å². The van der Waals surface area contributed by atoms with Gasteiger partial charge >= 0.3 is 0 Å². The third-order valence-electron chi connectivity index (χ3n) is 2.50. The first kappa shape index (κ1) is 14.5. The second-order valence-corrected chi connectivity index (χ2v) is 4.47. The summed E-state index contributed by atoms with van der Waals surface area (Å²) in [4.78, 5) is 5.02. The Hall–Kier alpha value is -1.94. The van der Waals surface area contributed by atoms with E-state index in [2.05, 4.69) is 11.4 Å². The highest BCUT2D eigenvalue weighted by molar-refractivity contribution is 6.30. The van der Waals surface area contributed by atoms with Crippen molar-refractivity contribution in [2.75, 3.05) is 0 Å². The minimum atomic E-state index is -2.49. The molecule has 0 aliphatic rings. The van der Waals surface area contributed by atoms with Crippen LogP contribution in [0.5, 0.6) is 0 Å². The van der Waals surface area contributed by atoms with Gasteiger partial charge in [0.05, 0.1) is 0 Å². The van der Waals surface area contributed by atoms with Crippen LogP contribution in [0.3, 0.4) is 0 Å². The van der Waals surface area contributed by atoms with Crippen LogP contribution in [0.4, 0.5) is 8.78 Å². The molecule has 0 fully saturated rings. The van der Waals surface area contributed by atoms with Crippen molar-refractivity contribution in [1.82, 2.24) is 0 Å². The van der Waals surface area contributed by atoms with E-state index in [9.17, 15) is 8.78 Å². The van der Waals surface area contributed by atoms with Crippen LogP contribution in [0.1, 0.15) is 23.1 Å². The maximum Gasteiger partial charge on any atom is 0.263 e. The molecular weight excluding hydrogens is 284 g/mol. The average Bonchev–Trinajstić information content (AvgIpc) is 2.44. The molecule has 2 aromatic carbocycles. The van der Waals surface area contributed by atoms with E-state index in [-0.39, 0.29) is 12.2 Å². The highest BCUT2D eigenvalue weighted by Gasteiger charge is 2.06. The highest BCUT2D eigenvalue weighted by atomic mass is 35.5. The summed E-state index contributed by atoms with van der Waals surface area (Å²) in [5, 5.41) is 4.23. The number of hydrogen-bond donors (Lipinski definition) is 0. The summed E-state index contributed by atoms with van der Waals surface area (Å²) >= 11 is 5.81. The normalized spacial score (nSPS) is 11.2. The molecule has 2 rings (SSSR count). The van der Waals surface area contributed by atoms with Crippen molar-refractivity contribution in [2.45, 2.75) is 13.0 Å². The van der Waals surface area contributed by atoms with Gasteiger partial charge in [0.2, 0.25) is 0 Å². The molecule has 0 saturated carbocycles. The Balaban J connectivity index is 1.91. The second-order valence-electron chi connectivity index (χ2n) is 4.03. The van der Waals surface area contributed by atoms with E-state index in [1.165, 1.54) is 12.1 Å². The molecule has 0 saturated heterocycles. The van der Waals surface area contributed by atoms with Gasteiger partial charge in [0.25, 0.3) is 6.43 Å². The van der Waals surface area contributed by atoms with Crippen LogP contribution >= 0.6 is 11.6 Å². The van der Waals surface area contributed by atoms with Crippen LogP contribution < -0.4 is 0 Å². The summed E-state index contributed by atoms with van der Waals surface area (Å²) in [7, 11) is 0. The lowest BCUT2D eigenvalue weighted by Crippen LogP contribution is -1.91. The van der Waals surface area contributed by atoms with E-state index in [1.807, 2.05) is 0 Å². The number of hydrogen-bond acceptors (Lipinski definition) is 2. The molecule has 0 atom stereocenters. The predicted molar refractivity (Wildman–Crippen MR) is 74.2 cm³/mol. The predicted octanol–water partition coefficient (Wildman–Crippen LogP) is 4.71. The van der Waals surface area contributed by atoms with E-state index in [4.69, 9.17) is 16.4 Å². The molecule has 0 spiro atoms. The lowest BCUT2D eigenvalue weighted by atomic mass is 10.1. The third-order valence-corrected chi connectivity index (χ3v) is 2.73. The van der Waals surface area contributed by atoms with Gasteiger partial charge in [-0.05, 0) is 23.8 Å². The lowest BCUT2D eigenvalue weighted by molar-refractivity contribution is 0.130. The third kappa shape index (κ3) is 4.31. The first-order valence-corrected chi connectivity index (χ1v) is 6.23. The minimum Gasteiger partial charge on any atom is -0.390 e. The van der Waals surface area contributed by atoms with E-state index < -0.39 is 6.43 Å².